The summed E-state index contributed by atoms with van der Waals surface area (Å²) >= 11 is 0. The number of benzene rings is 2. The molecule has 7 nitrogen and oxygen atoms in total. The van der Waals surface area contributed by atoms with Crippen LogP contribution in [0.5, 0.6) is 11.5 Å². The highest BCUT2D eigenvalue weighted by molar-refractivity contribution is 6.10. The van der Waals surface area contributed by atoms with E-state index in [-0.39, 0.29) is 28.2 Å². The predicted molar refractivity (Wildman–Crippen MR) is 88.8 cm³/mol. The zero-order chi connectivity index (χ0) is 18.2. The van der Waals surface area contributed by atoms with Crippen molar-refractivity contribution >= 4 is 11.9 Å². The quantitative estimate of drug-likeness (QED) is 0.426. The molecule has 7 heteroatoms. The topological polar surface area (TPSA) is 119 Å². The molecule has 1 aliphatic rings. The van der Waals surface area contributed by atoms with Crippen molar-refractivity contribution in [3.8, 4) is 11.5 Å². The van der Waals surface area contributed by atoms with Crippen molar-refractivity contribution in [1.82, 2.24) is 10.6 Å². The average Bonchev–Trinajstić information content (AvgIpc) is 2.89. The molecule has 0 spiro atoms. The molecule has 2 aromatic rings. The van der Waals surface area contributed by atoms with E-state index in [1.807, 2.05) is 0 Å². The Morgan fingerprint density at radius 2 is 1.64 bits per heavy atom. The number of amides is 3. The molecule has 3 amide bonds. The molecule has 1 aliphatic heterocycles. The molecule has 0 bridgehead atoms. The number of aliphatic hydroxyl groups excluding tert-OH is 1. The van der Waals surface area contributed by atoms with Crippen molar-refractivity contribution in [3.63, 3.8) is 0 Å². The van der Waals surface area contributed by atoms with Crippen LogP contribution >= 0.6 is 0 Å². The summed E-state index contributed by atoms with van der Waals surface area (Å²) in [6.45, 7) is 3.49. The first kappa shape index (κ1) is 16.5. The van der Waals surface area contributed by atoms with Gasteiger partial charge >= 0.3 is 6.03 Å². The summed E-state index contributed by atoms with van der Waals surface area (Å²) in [5, 5.41) is 35.4. The van der Waals surface area contributed by atoms with E-state index in [0.717, 1.165) is 0 Å². The first-order valence-electron chi connectivity index (χ1n) is 7.47. The molecule has 2 aromatic carbocycles. The third kappa shape index (κ3) is 2.41. The first-order chi connectivity index (χ1) is 11.9. The standard InChI is InChI=1S/C18H16N2O5/c1-2-12(21)15-11(7-5-9-14(15)23)18(16(24)19-17(25)20-18)10-6-3-4-8-13(10)22/h2-9,12,21-23H,1H2,(H2,19,20,24,25). The van der Waals surface area contributed by atoms with E-state index >= 15 is 0 Å². The molecule has 25 heavy (non-hydrogen) atoms. The summed E-state index contributed by atoms with van der Waals surface area (Å²) in [6.07, 6.45) is -0.101. The minimum atomic E-state index is -1.81. The molecule has 2 atom stereocenters. The van der Waals surface area contributed by atoms with Gasteiger partial charge < -0.3 is 20.6 Å². The van der Waals surface area contributed by atoms with Gasteiger partial charge in [0.25, 0.3) is 5.91 Å². The van der Waals surface area contributed by atoms with Crippen LogP contribution in [0.15, 0.2) is 55.1 Å². The molecule has 1 fully saturated rings. The lowest BCUT2D eigenvalue weighted by molar-refractivity contribution is -0.123. The van der Waals surface area contributed by atoms with Crippen molar-refractivity contribution in [2.45, 2.75) is 11.6 Å². The molecular formula is C18H16N2O5. The highest BCUT2D eigenvalue weighted by Crippen LogP contribution is 2.43. The number of urea groups is 1. The summed E-state index contributed by atoms with van der Waals surface area (Å²) in [7, 11) is 0. The Morgan fingerprint density at radius 1 is 1.00 bits per heavy atom. The number of rotatable bonds is 4. The minimum absolute atomic E-state index is 0.0121. The number of aliphatic hydroxyl groups is 1. The predicted octanol–water partition coefficient (Wildman–Crippen LogP) is 1.40. The highest BCUT2D eigenvalue weighted by Gasteiger charge is 2.52. The SMILES string of the molecule is C=CC(O)c1c(O)cccc1C1(c2ccccc2O)NC(=O)NC1=O. The van der Waals surface area contributed by atoms with Crippen molar-refractivity contribution in [1.29, 1.82) is 0 Å². The smallest absolute Gasteiger partial charge is 0.322 e. The summed E-state index contributed by atoms with van der Waals surface area (Å²) < 4.78 is 0. The summed E-state index contributed by atoms with van der Waals surface area (Å²) in [4.78, 5) is 24.6. The van der Waals surface area contributed by atoms with Crippen LogP contribution in [0.2, 0.25) is 0 Å². The number of phenols is 2. The molecule has 0 saturated carbocycles. The number of para-hydroxylation sites is 1. The third-order valence-corrected chi connectivity index (χ3v) is 4.18. The van der Waals surface area contributed by atoms with Gasteiger partial charge in [0.15, 0.2) is 5.54 Å². The number of hydrogen-bond acceptors (Lipinski definition) is 5. The lowest BCUT2D eigenvalue weighted by atomic mass is 9.78. The van der Waals surface area contributed by atoms with Crippen molar-refractivity contribution in [2.24, 2.45) is 0 Å². The van der Waals surface area contributed by atoms with Gasteiger partial charge in [-0.05, 0) is 12.1 Å². The fraction of sp³-hybridized carbons (Fsp3) is 0.111. The Balaban J connectivity index is 2.38. The van der Waals surface area contributed by atoms with Gasteiger partial charge in [-0.15, -0.1) is 6.58 Å². The van der Waals surface area contributed by atoms with E-state index in [9.17, 15) is 24.9 Å². The maximum absolute atomic E-state index is 12.7. The number of carbonyl (C=O) groups is 2. The Labute approximate surface area is 143 Å². The van der Waals surface area contributed by atoms with Gasteiger partial charge in [0.1, 0.15) is 17.6 Å². The molecule has 1 saturated heterocycles. The minimum Gasteiger partial charge on any atom is -0.508 e. The number of nitrogens with one attached hydrogen (secondary N) is 2. The summed E-state index contributed by atoms with van der Waals surface area (Å²) in [5.41, 5.74) is -1.55. The highest BCUT2D eigenvalue weighted by atomic mass is 16.3. The van der Waals surface area contributed by atoms with Gasteiger partial charge in [-0.25, -0.2) is 4.79 Å². The largest absolute Gasteiger partial charge is 0.508 e. The van der Waals surface area contributed by atoms with Crippen LogP contribution in [0.4, 0.5) is 4.79 Å². The second-order valence-electron chi connectivity index (χ2n) is 5.59. The molecule has 3 rings (SSSR count). The maximum Gasteiger partial charge on any atom is 0.322 e. The van der Waals surface area contributed by atoms with Gasteiger partial charge in [0, 0.05) is 16.7 Å². The van der Waals surface area contributed by atoms with Gasteiger partial charge in [-0.1, -0.05) is 36.4 Å². The molecule has 0 aliphatic carbocycles. The number of phenolic OH excluding ortho intramolecular Hbond substituents is 2. The number of hydrogen-bond donors (Lipinski definition) is 5. The van der Waals surface area contributed by atoms with E-state index in [1.165, 1.54) is 36.4 Å². The average molecular weight is 340 g/mol. The Morgan fingerprint density at radius 3 is 2.24 bits per heavy atom. The maximum atomic E-state index is 12.7. The van der Waals surface area contributed by atoms with Gasteiger partial charge in [-0.3, -0.25) is 10.1 Å². The van der Waals surface area contributed by atoms with E-state index in [1.54, 1.807) is 12.1 Å². The molecule has 0 radical (unpaired) electrons. The fourth-order valence-electron chi connectivity index (χ4n) is 3.08. The fourth-order valence-corrected chi connectivity index (χ4v) is 3.08. The molecular weight excluding hydrogens is 324 g/mol. The second kappa shape index (κ2) is 5.95. The van der Waals surface area contributed by atoms with E-state index < -0.39 is 23.6 Å². The van der Waals surface area contributed by atoms with Crippen LogP contribution in [-0.4, -0.2) is 27.3 Å². The van der Waals surface area contributed by atoms with Crippen molar-refractivity contribution < 1.29 is 24.9 Å². The van der Waals surface area contributed by atoms with E-state index in [2.05, 4.69) is 17.2 Å². The van der Waals surface area contributed by atoms with Gasteiger partial charge in [-0.2, -0.15) is 0 Å². The van der Waals surface area contributed by atoms with Crippen molar-refractivity contribution in [2.75, 3.05) is 0 Å². The Hall–Kier alpha value is -3.32. The normalized spacial score (nSPS) is 20.7. The molecule has 2 unspecified atom stereocenters. The van der Waals surface area contributed by atoms with Crippen molar-refractivity contribution in [3.05, 3.63) is 71.8 Å². The third-order valence-electron chi connectivity index (χ3n) is 4.18. The van der Waals surface area contributed by atoms with Crippen LogP contribution in [0.25, 0.3) is 0 Å². The Kier molecular flexibility index (Phi) is 3.94. The molecule has 5 N–H and O–H groups in total. The van der Waals surface area contributed by atoms with Crippen LogP contribution in [0, 0.1) is 0 Å². The Bertz CT molecular complexity index is 880. The van der Waals surface area contributed by atoms with Gasteiger partial charge in [0.05, 0.1) is 0 Å². The molecule has 1 heterocycles. The van der Waals surface area contributed by atoms with Crippen LogP contribution in [-0.2, 0) is 10.3 Å². The zero-order valence-electron chi connectivity index (χ0n) is 13.1. The number of carbonyl (C=O) groups excluding carboxylic acids is 2. The van der Waals surface area contributed by atoms with Gasteiger partial charge in [0.2, 0.25) is 0 Å². The lowest BCUT2D eigenvalue weighted by Crippen LogP contribution is -2.45. The second-order valence-corrected chi connectivity index (χ2v) is 5.59. The zero-order valence-corrected chi connectivity index (χ0v) is 13.1. The van der Waals surface area contributed by atoms with E-state index in [4.69, 9.17) is 0 Å². The monoisotopic (exact) mass is 340 g/mol. The molecule has 0 aromatic heterocycles. The van der Waals surface area contributed by atoms with E-state index in [0.29, 0.717) is 0 Å². The molecule has 128 valence electrons. The number of imide groups is 1. The lowest BCUT2D eigenvalue weighted by Gasteiger charge is -2.31. The van der Waals surface area contributed by atoms with Crippen LogP contribution < -0.4 is 10.6 Å². The number of aromatic hydroxyl groups is 2. The summed E-state index contributed by atoms with van der Waals surface area (Å²) in [5.74, 6) is -1.22. The summed E-state index contributed by atoms with van der Waals surface area (Å²) in [6, 6.07) is 9.58. The first-order valence-corrected chi connectivity index (χ1v) is 7.47. The van der Waals surface area contributed by atoms with Crippen LogP contribution in [0.1, 0.15) is 22.8 Å². The van der Waals surface area contributed by atoms with Crippen LogP contribution in [0.3, 0.4) is 0 Å².